The van der Waals surface area contributed by atoms with Crippen LogP contribution < -0.4 is 21.3 Å². The molecule has 10 heteroatoms. The van der Waals surface area contributed by atoms with Crippen molar-refractivity contribution in [2.45, 2.75) is 95.7 Å². The second kappa shape index (κ2) is 12.5. The summed E-state index contributed by atoms with van der Waals surface area (Å²) in [6, 6.07) is 7.66. The fourth-order valence-electron chi connectivity index (χ4n) is 7.32. The molecule has 4 atom stereocenters. The molecule has 1 aromatic carbocycles. The molecule has 1 aromatic heterocycles. The predicted octanol–water partition coefficient (Wildman–Crippen LogP) is 3.48. The van der Waals surface area contributed by atoms with Gasteiger partial charge in [-0.15, -0.1) is 0 Å². The number of amides is 3. The molecule has 10 nitrogen and oxygen atoms in total. The van der Waals surface area contributed by atoms with Gasteiger partial charge in [0.15, 0.2) is 0 Å². The van der Waals surface area contributed by atoms with Crippen molar-refractivity contribution in [3.8, 4) is 0 Å². The molecule has 3 unspecified atom stereocenters. The van der Waals surface area contributed by atoms with Crippen molar-refractivity contribution in [3.63, 3.8) is 0 Å². The molecule has 3 fully saturated rings. The van der Waals surface area contributed by atoms with Crippen LogP contribution in [0.15, 0.2) is 30.3 Å². The van der Waals surface area contributed by atoms with Crippen molar-refractivity contribution >= 4 is 34.6 Å². The number of carboxylic acid groups (broad SMARTS) is 1. The zero-order valence-electron chi connectivity index (χ0n) is 24.8. The van der Waals surface area contributed by atoms with Crippen LogP contribution in [0.1, 0.15) is 88.5 Å². The van der Waals surface area contributed by atoms with E-state index in [1.165, 1.54) is 6.42 Å². The molecule has 2 saturated heterocycles. The summed E-state index contributed by atoms with van der Waals surface area (Å²) in [5.74, 6) is -2.18. The van der Waals surface area contributed by atoms with Crippen LogP contribution in [0.2, 0.25) is 0 Å². The Morgan fingerprint density at radius 1 is 1.10 bits per heavy atom. The maximum Gasteiger partial charge on any atom is 0.326 e. The fourth-order valence-corrected chi connectivity index (χ4v) is 7.32. The maximum absolute atomic E-state index is 14.1. The quantitative estimate of drug-likeness (QED) is 0.254. The first-order valence-corrected chi connectivity index (χ1v) is 15.5. The Kier molecular flexibility index (Phi) is 8.92. The molecule has 1 saturated carbocycles. The lowest BCUT2D eigenvalue weighted by Gasteiger charge is -2.39. The highest BCUT2D eigenvalue weighted by Gasteiger charge is 2.47. The summed E-state index contributed by atoms with van der Waals surface area (Å²) in [6.45, 7) is 5.28. The van der Waals surface area contributed by atoms with E-state index in [0.717, 1.165) is 62.5 Å². The number of carbonyl (C=O) groups excluding carboxylic acids is 3. The second-order valence-corrected chi connectivity index (χ2v) is 13.1. The molecule has 3 aliphatic rings. The topological polar surface area (TPSA) is 152 Å². The molecule has 228 valence electrons. The lowest BCUT2D eigenvalue weighted by Crippen LogP contribution is -2.56. The number of aromatic amines is 1. The largest absolute Gasteiger partial charge is 0.480 e. The number of piperidine rings is 1. The molecule has 1 aliphatic carbocycles. The lowest BCUT2D eigenvalue weighted by atomic mass is 9.71. The zero-order valence-corrected chi connectivity index (χ0v) is 24.8. The highest BCUT2D eigenvalue weighted by atomic mass is 16.4. The van der Waals surface area contributed by atoms with Gasteiger partial charge in [-0.05, 0) is 77.1 Å². The van der Waals surface area contributed by atoms with Crippen LogP contribution in [0.4, 0.5) is 0 Å². The first-order chi connectivity index (χ1) is 20.1. The van der Waals surface area contributed by atoms with Gasteiger partial charge in [0.25, 0.3) is 5.91 Å². The van der Waals surface area contributed by atoms with E-state index in [9.17, 15) is 24.3 Å². The molecule has 6 N–H and O–H groups in total. The second-order valence-electron chi connectivity index (χ2n) is 13.1. The summed E-state index contributed by atoms with van der Waals surface area (Å²) in [5, 5.41) is 23.3. The number of nitrogens with one attached hydrogen (secondary N) is 5. The summed E-state index contributed by atoms with van der Waals surface area (Å²) in [4.78, 5) is 55.8. The molecule has 2 aromatic rings. The number of rotatable bonds is 10. The molecule has 3 heterocycles. The zero-order chi connectivity index (χ0) is 29.9. The number of fused-ring (bicyclic) bond motifs is 1. The number of aliphatic carboxylic acids is 1. The molecule has 0 radical (unpaired) electrons. The van der Waals surface area contributed by atoms with Crippen LogP contribution in [0.5, 0.6) is 0 Å². The van der Waals surface area contributed by atoms with Gasteiger partial charge < -0.3 is 31.4 Å². The van der Waals surface area contributed by atoms with Crippen LogP contribution in [-0.4, -0.2) is 64.5 Å². The van der Waals surface area contributed by atoms with Gasteiger partial charge in [-0.25, -0.2) is 4.79 Å². The van der Waals surface area contributed by atoms with Gasteiger partial charge in [-0.2, -0.15) is 0 Å². The summed E-state index contributed by atoms with van der Waals surface area (Å²) in [7, 11) is 0. The van der Waals surface area contributed by atoms with Crippen LogP contribution >= 0.6 is 0 Å². The minimum Gasteiger partial charge on any atom is -0.480 e. The van der Waals surface area contributed by atoms with E-state index < -0.39 is 35.3 Å². The Morgan fingerprint density at radius 3 is 2.50 bits per heavy atom. The molecular formula is C32H45N5O5. The molecular weight excluding hydrogens is 534 g/mol. The number of hydrogen-bond donors (Lipinski definition) is 6. The van der Waals surface area contributed by atoms with Crippen molar-refractivity contribution in [2.24, 2.45) is 17.3 Å². The third-order valence-corrected chi connectivity index (χ3v) is 10.1. The molecule has 42 heavy (non-hydrogen) atoms. The third kappa shape index (κ3) is 6.48. The van der Waals surface area contributed by atoms with Crippen molar-refractivity contribution < 1.29 is 24.3 Å². The van der Waals surface area contributed by atoms with Gasteiger partial charge in [-0.3, -0.25) is 14.4 Å². The van der Waals surface area contributed by atoms with Crippen LogP contribution in [-0.2, 0) is 14.4 Å². The van der Waals surface area contributed by atoms with E-state index >= 15 is 0 Å². The van der Waals surface area contributed by atoms with Crippen molar-refractivity contribution in [2.75, 3.05) is 13.1 Å². The Balaban J connectivity index is 1.31. The molecule has 2 aliphatic heterocycles. The first kappa shape index (κ1) is 30.1. The minimum absolute atomic E-state index is 0.0391. The van der Waals surface area contributed by atoms with Crippen molar-refractivity contribution in [3.05, 3.63) is 36.0 Å². The van der Waals surface area contributed by atoms with E-state index in [2.05, 4.69) is 26.3 Å². The lowest BCUT2D eigenvalue weighted by molar-refractivity contribution is -0.145. The highest BCUT2D eigenvalue weighted by molar-refractivity contribution is 5.98. The SMILES string of the molecule is CC(NC(=O)c1cc2ccccc2[nH]1)[C@@](C)(CC1CCCCC1)C(=O)NC(CC1CC2(CCNCC2)NC1=O)C(=O)O. The standard InChI is InChI=1S/C32H45N5O5/c1-20(34-28(39)25-16-22-10-6-7-11-24(22)35-25)31(2,18-21-8-4-3-5-9-21)30(42)36-26(29(40)41)17-23-19-32(37-27(23)38)12-14-33-15-13-32/h6-7,10-11,16,20-21,23,26,33,35H,3-5,8-9,12-15,17-19H2,1-2H3,(H,34,39)(H,36,42)(H,37,38)(H,40,41)/t20?,23?,26?,31-/m1/s1. The number of benzene rings is 1. The summed E-state index contributed by atoms with van der Waals surface area (Å²) in [6.07, 6.45) is 8.17. The van der Waals surface area contributed by atoms with Crippen molar-refractivity contribution in [1.82, 2.24) is 26.3 Å². The number of carbonyl (C=O) groups is 4. The Labute approximate surface area is 247 Å². The van der Waals surface area contributed by atoms with Crippen molar-refractivity contribution in [1.29, 1.82) is 0 Å². The summed E-state index contributed by atoms with van der Waals surface area (Å²) in [5.41, 5.74) is -0.0850. The molecule has 1 spiro atoms. The number of para-hydroxylation sites is 1. The van der Waals surface area contributed by atoms with E-state index in [4.69, 9.17) is 0 Å². The monoisotopic (exact) mass is 579 g/mol. The average Bonchev–Trinajstić information content (AvgIpc) is 3.54. The average molecular weight is 580 g/mol. The van der Waals surface area contributed by atoms with Crippen LogP contribution in [0.25, 0.3) is 10.9 Å². The molecule has 0 bridgehead atoms. The maximum atomic E-state index is 14.1. The van der Waals surface area contributed by atoms with Gasteiger partial charge in [0, 0.05) is 28.4 Å². The highest BCUT2D eigenvalue weighted by Crippen LogP contribution is 2.38. The van der Waals surface area contributed by atoms with E-state index in [0.29, 0.717) is 24.5 Å². The summed E-state index contributed by atoms with van der Waals surface area (Å²) >= 11 is 0. The van der Waals surface area contributed by atoms with Gasteiger partial charge in [0.05, 0.1) is 5.41 Å². The molecule has 3 amide bonds. The first-order valence-electron chi connectivity index (χ1n) is 15.5. The Hall–Kier alpha value is -3.40. The third-order valence-electron chi connectivity index (χ3n) is 10.1. The smallest absolute Gasteiger partial charge is 0.326 e. The van der Waals surface area contributed by atoms with E-state index in [-0.39, 0.29) is 23.8 Å². The predicted molar refractivity (Wildman–Crippen MR) is 160 cm³/mol. The normalized spacial score (nSPS) is 23.6. The Bertz CT molecular complexity index is 1280. The van der Waals surface area contributed by atoms with E-state index in [1.807, 2.05) is 38.1 Å². The Morgan fingerprint density at radius 2 is 1.81 bits per heavy atom. The number of carboxylic acids is 1. The van der Waals surface area contributed by atoms with Gasteiger partial charge >= 0.3 is 5.97 Å². The van der Waals surface area contributed by atoms with E-state index in [1.54, 1.807) is 6.07 Å². The fraction of sp³-hybridized carbons (Fsp3) is 0.625. The van der Waals surface area contributed by atoms with Gasteiger partial charge in [0.1, 0.15) is 11.7 Å². The minimum atomic E-state index is -1.20. The van der Waals surface area contributed by atoms with Crippen LogP contribution in [0, 0.1) is 17.3 Å². The molecule has 5 rings (SSSR count). The van der Waals surface area contributed by atoms with Gasteiger partial charge in [0.2, 0.25) is 11.8 Å². The number of hydrogen-bond acceptors (Lipinski definition) is 5. The number of aromatic nitrogens is 1. The van der Waals surface area contributed by atoms with Crippen LogP contribution in [0.3, 0.4) is 0 Å². The number of H-pyrrole nitrogens is 1. The van der Waals surface area contributed by atoms with Gasteiger partial charge in [-0.1, -0.05) is 50.3 Å². The summed E-state index contributed by atoms with van der Waals surface area (Å²) < 4.78 is 0.